The first-order chi connectivity index (χ1) is 15.7. The normalized spacial score (nSPS) is 15.2. The summed E-state index contributed by atoms with van der Waals surface area (Å²) in [7, 11) is -7.21. The maximum atomic E-state index is 12.7. The number of hydrogen-bond donors (Lipinski definition) is 2. The van der Waals surface area contributed by atoms with Gasteiger partial charge in [-0.1, -0.05) is 18.6 Å². The van der Waals surface area contributed by atoms with Crippen molar-refractivity contribution >= 4 is 31.8 Å². The summed E-state index contributed by atoms with van der Waals surface area (Å²) in [4.78, 5) is 11.8. The quantitative estimate of drug-likeness (QED) is 0.552. The van der Waals surface area contributed by atoms with E-state index in [-0.39, 0.29) is 22.9 Å². The molecule has 11 heteroatoms. The van der Waals surface area contributed by atoms with E-state index in [9.17, 15) is 21.6 Å². The van der Waals surface area contributed by atoms with Gasteiger partial charge in [0.1, 0.15) is 0 Å². The Morgan fingerprint density at radius 2 is 1.52 bits per heavy atom. The van der Waals surface area contributed by atoms with Crippen LogP contribution in [0.1, 0.15) is 31.7 Å². The van der Waals surface area contributed by atoms with E-state index in [0.717, 1.165) is 24.8 Å². The fourth-order valence-electron chi connectivity index (χ4n) is 3.50. The summed E-state index contributed by atoms with van der Waals surface area (Å²) in [6, 6.07) is 12.3. The van der Waals surface area contributed by atoms with Gasteiger partial charge in [-0.2, -0.15) is 4.31 Å². The molecular weight excluding hydrogens is 466 g/mol. The van der Waals surface area contributed by atoms with Crippen molar-refractivity contribution in [2.75, 3.05) is 31.6 Å². The third-order valence-corrected chi connectivity index (χ3v) is 8.66. The Kier molecular flexibility index (Phi) is 8.46. The molecule has 0 aromatic heterocycles. The highest BCUT2D eigenvalue weighted by atomic mass is 32.2. The van der Waals surface area contributed by atoms with Gasteiger partial charge in [-0.15, -0.1) is 0 Å². The first-order valence-electron chi connectivity index (χ1n) is 10.8. The smallest absolute Gasteiger partial charge is 0.411 e. The van der Waals surface area contributed by atoms with Crippen molar-refractivity contribution in [3.8, 4) is 0 Å². The second-order valence-corrected chi connectivity index (χ2v) is 11.3. The van der Waals surface area contributed by atoms with Crippen molar-refractivity contribution in [1.82, 2.24) is 9.03 Å². The Balaban J connectivity index is 1.54. The Bertz CT molecular complexity index is 1140. The van der Waals surface area contributed by atoms with Crippen LogP contribution in [0.15, 0.2) is 58.3 Å². The standard InChI is InChI=1S/C22H29N3O6S2/c1-2-31-22(26)24-19-8-12-20(13-9-19)32(27,28)23-15-14-18-6-10-21(11-7-18)33(29,30)25-16-4-3-5-17-25/h6-13,23H,2-5,14-17H2,1H3,(H,24,26). The molecule has 0 atom stereocenters. The van der Waals surface area contributed by atoms with E-state index in [2.05, 4.69) is 10.0 Å². The van der Waals surface area contributed by atoms with E-state index in [1.165, 1.54) is 28.6 Å². The highest BCUT2D eigenvalue weighted by Crippen LogP contribution is 2.21. The first-order valence-corrected chi connectivity index (χ1v) is 13.8. The van der Waals surface area contributed by atoms with Crippen LogP contribution in [0.25, 0.3) is 0 Å². The van der Waals surface area contributed by atoms with E-state index < -0.39 is 26.1 Å². The van der Waals surface area contributed by atoms with Crippen LogP contribution in [0, 0.1) is 0 Å². The Labute approximate surface area is 195 Å². The van der Waals surface area contributed by atoms with Gasteiger partial charge in [0.05, 0.1) is 16.4 Å². The molecule has 1 saturated heterocycles. The largest absolute Gasteiger partial charge is 0.450 e. The molecule has 1 aliphatic heterocycles. The molecule has 2 N–H and O–H groups in total. The van der Waals surface area contributed by atoms with Gasteiger partial charge in [-0.25, -0.2) is 26.4 Å². The zero-order chi connectivity index (χ0) is 23.9. The molecule has 0 spiro atoms. The number of benzene rings is 2. The molecule has 33 heavy (non-hydrogen) atoms. The zero-order valence-electron chi connectivity index (χ0n) is 18.5. The van der Waals surface area contributed by atoms with E-state index in [4.69, 9.17) is 4.74 Å². The Hall–Kier alpha value is -2.47. The van der Waals surface area contributed by atoms with Crippen molar-refractivity contribution in [2.45, 2.75) is 42.4 Å². The van der Waals surface area contributed by atoms with Gasteiger partial charge in [0.15, 0.2) is 0 Å². The number of hydrogen-bond acceptors (Lipinski definition) is 6. The molecule has 1 aliphatic rings. The lowest BCUT2D eigenvalue weighted by Gasteiger charge is -2.25. The van der Waals surface area contributed by atoms with E-state index in [0.29, 0.717) is 25.2 Å². The van der Waals surface area contributed by atoms with Crippen LogP contribution >= 0.6 is 0 Å². The molecule has 3 rings (SSSR count). The fraction of sp³-hybridized carbons (Fsp3) is 0.409. The lowest BCUT2D eigenvalue weighted by molar-refractivity contribution is 0.168. The van der Waals surface area contributed by atoms with Gasteiger partial charge < -0.3 is 4.74 Å². The van der Waals surface area contributed by atoms with Crippen LogP contribution in [-0.2, 0) is 31.2 Å². The topological polar surface area (TPSA) is 122 Å². The summed E-state index contributed by atoms with van der Waals surface area (Å²) in [5, 5.41) is 2.50. The SMILES string of the molecule is CCOC(=O)Nc1ccc(S(=O)(=O)NCCc2ccc(S(=O)(=O)N3CCCCC3)cc2)cc1. The number of rotatable bonds is 9. The molecule has 2 aromatic rings. The maximum Gasteiger partial charge on any atom is 0.411 e. The average Bonchev–Trinajstić information content (AvgIpc) is 2.80. The fourth-order valence-corrected chi connectivity index (χ4v) is 6.05. The van der Waals surface area contributed by atoms with Crippen molar-refractivity contribution in [1.29, 1.82) is 0 Å². The minimum absolute atomic E-state index is 0.0693. The maximum absolute atomic E-state index is 12.7. The minimum Gasteiger partial charge on any atom is -0.450 e. The van der Waals surface area contributed by atoms with Crippen LogP contribution < -0.4 is 10.0 Å². The molecule has 1 amide bonds. The number of nitrogens with one attached hydrogen (secondary N) is 2. The predicted molar refractivity (Wildman–Crippen MR) is 125 cm³/mol. The zero-order valence-corrected chi connectivity index (χ0v) is 20.1. The van der Waals surface area contributed by atoms with Gasteiger partial charge in [0, 0.05) is 25.3 Å². The van der Waals surface area contributed by atoms with Crippen LogP contribution in [0.2, 0.25) is 0 Å². The van der Waals surface area contributed by atoms with E-state index >= 15 is 0 Å². The van der Waals surface area contributed by atoms with Crippen LogP contribution in [0.5, 0.6) is 0 Å². The summed E-state index contributed by atoms with van der Waals surface area (Å²) in [5.41, 5.74) is 1.25. The predicted octanol–water partition coefficient (Wildman–Crippen LogP) is 2.95. The van der Waals surface area contributed by atoms with Crippen LogP contribution in [0.4, 0.5) is 10.5 Å². The van der Waals surface area contributed by atoms with E-state index in [1.807, 2.05) is 0 Å². The number of sulfonamides is 2. The van der Waals surface area contributed by atoms with Crippen molar-refractivity contribution in [3.05, 3.63) is 54.1 Å². The molecule has 9 nitrogen and oxygen atoms in total. The Morgan fingerprint density at radius 1 is 0.909 bits per heavy atom. The molecule has 1 heterocycles. The van der Waals surface area contributed by atoms with Crippen LogP contribution in [-0.4, -0.2) is 53.5 Å². The second-order valence-electron chi connectivity index (χ2n) is 7.63. The molecule has 2 aromatic carbocycles. The number of nitrogens with zero attached hydrogens (tertiary/aromatic N) is 1. The number of anilines is 1. The number of piperidine rings is 1. The van der Waals surface area contributed by atoms with Gasteiger partial charge >= 0.3 is 6.09 Å². The summed E-state index contributed by atoms with van der Waals surface area (Å²) in [5.74, 6) is 0. The number of carbonyl (C=O) groups excluding carboxylic acids is 1. The van der Waals surface area contributed by atoms with Gasteiger partial charge in [0.2, 0.25) is 20.0 Å². The van der Waals surface area contributed by atoms with Crippen molar-refractivity contribution in [3.63, 3.8) is 0 Å². The molecule has 0 radical (unpaired) electrons. The summed E-state index contributed by atoms with van der Waals surface area (Å²) in [6.45, 7) is 3.17. The van der Waals surface area contributed by atoms with Gasteiger partial charge in [-0.3, -0.25) is 5.32 Å². The summed E-state index contributed by atoms with van der Waals surface area (Å²) >= 11 is 0. The molecule has 1 fully saturated rings. The highest BCUT2D eigenvalue weighted by molar-refractivity contribution is 7.89. The molecule has 0 saturated carbocycles. The lowest BCUT2D eigenvalue weighted by atomic mass is 10.2. The summed E-state index contributed by atoms with van der Waals surface area (Å²) in [6.07, 6.45) is 2.60. The van der Waals surface area contributed by atoms with Crippen molar-refractivity contribution < 1.29 is 26.4 Å². The third kappa shape index (κ3) is 6.76. The van der Waals surface area contributed by atoms with Crippen molar-refractivity contribution in [2.24, 2.45) is 0 Å². The van der Waals surface area contributed by atoms with Gasteiger partial charge in [0.25, 0.3) is 0 Å². The monoisotopic (exact) mass is 495 g/mol. The average molecular weight is 496 g/mol. The van der Waals surface area contributed by atoms with Crippen LogP contribution in [0.3, 0.4) is 0 Å². The number of carbonyl (C=O) groups is 1. The molecule has 0 bridgehead atoms. The Morgan fingerprint density at radius 3 is 2.12 bits per heavy atom. The highest BCUT2D eigenvalue weighted by Gasteiger charge is 2.25. The summed E-state index contributed by atoms with van der Waals surface area (Å²) < 4.78 is 59.3. The number of amides is 1. The molecule has 0 unspecified atom stereocenters. The lowest BCUT2D eigenvalue weighted by Crippen LogP contribution is -2.35. The molecular formula is C22H29N3O6S2. The molecule has 0 aliphatic carbocycles. The minimum atomic E-state index is -3.73. The third-order valence-electron chi connectivity index (χ3n) is 5.27. The second kappa shape index (κ2) is 11.1. The van der Waals surface area contributed by atoms with Gasteiger partial charge in [-0.05, 0) is 68.1 Å². The first kappa shape index (κ1) is 25.2. The molecule has 180 valence electrons. The number of ether oxygens (including phenoxy) is 1. The van der Waals surface area contributed by atoms with E-state index in [1.54, 1.807) is 31.2 Å².